The van der Waals surface area contributed by atoms with E-state index in [-0.39, 0.29) is 5.91 Å². The minimum Gasteiger partial charge on any atom is -0.352 e. The van der Waals surface area contributed by atoms with Gasteiger partial charge in [0.2, 0.25) is 0 Å². The van der Waals surface area contributed by atoms with Gasteiger partial charge in [-0.25, -0.2) is 0 Å². The van der Waals surface area contributed by atoms with Crippen LogP contribution in [-0.2, 0) is 6.42 Å². The summed E-state index contributed by atoms with van der Waals surface area (Å²) in [5, 5.41) is 9.71. The van der Waals surface area contributed by atoms with Gasteiger partial charge in [-0.05, 0) is 42.3 Å². The Kier molecular flexibility index (Phi) is 6.21. The highest BCUT2D eigenvalue weighted by atomic mass is 35.5. The Bertz CT molecular complexity index is 1030. The van der Waals surface area contributed by atoms with Gasteiger partial charge >= 0.3 is 0 Å². The SMILES string of the molecule is CCc1ccc(-c2ccc(N3CCN(C(=O)c4ccc(Cl)cc4Cl)CC3)nn2)cc1. The number of nitrogens with zero attached hydrogens (tertiary/aromatic N) is 4. The number of aromatic nitrogens is 2. The Morgan fingerprint density at radius 3 is 2.27 bits per heavy atom. The maximum Gasteiger partial charge on any atom is 0.255 e. The molecule has 0 aliphatic carbocycles. The number of anilines is 1. The van der Waals surface area contributed by atoms with Gasteiger partial charge in [-0.1, -0.05) is 54.4 Å². The number of carbonyl (C=O) groups excluding carboxylic acids is 1. The molecule has 0 N–H and O–H groups in total. The largest absolute Gasteiger partial charge is 0.352 e. The number of aryl methyl sites for hydroxylation is 1. The molecule has 1 fully saturated rings. The van der Waals surface area contributed by atoms with E-state index in [1.165, 1.54) is 5.56 Å². The number of amides is 1. The van der Waals surface area contributed by atoms with Crippen LogP contribution in [0.1, 0.15) is 22.8 Å². The second-order valence-electron chi connectivity index (χ2n) is 7.23. The molecule has 1 saturated heterocycles. The average Bonchev–Trinajstić information content (AvgIpc) is 2.79. The Morgan fingerprint density at radius 1 is 0.933 bits per heavy atom. The van der Waals surface area contributed by atoms with E-state index in [0.717, 1.165) is 23.5 Å². The molecule has 0 unspecified atom stereocenters. The number of rotatable bonds is 4. The molecule has 0 atom stereocenters. The average molecular weight is 441 g/mol. The van der Waals surface area contributed by atoms with E-state index in [1.807, 2.05) is 17.0 Å². The van der Waals surface area contributed by atoms with Crippen LogP contribution in [0.2, 0.25) is 10.0 Å². The zero-order valence-electron chi connectivity index (χ0n) is 16.7. The predicted octanol–water partition coefficient (Wildman–Crippen LogP) is 4.98. The zero-order chi connectivity index (χ0) is 21.1. The number of hydrogen-bond acceptors (Lipinski definition) is 4. The molecule has 5 nitrogen and oxygen atoms in total. The van der Waals surface area contributed by atoms with Gasteiger partial charge in [0.1, 0.15) is 0 Å². The Labute approximate surface area is 186 Å². The molecule has 4 rings (SSSR count). The second-order valence-corrected chi connectivity index (χ2v) is 8.07. The molecule has 7 heteroatoms. The first-order chi connectivity index (χ1) is 14.5. The summed E-state index contributed by atoms with van der Waals surface area (Å²) < 4.78 is 0. The maximum atomic E-state index is 12.8. The number of halogens is 2. The molecule has 0 spiro atoms. The van der Waals surface area contributed by atoms with Crippen molar-refractivity contribution in [3.05, 3.63) is 75.8 Å². The van der Waals surface area contributed by atoms with Crippen LogP contribution in [0, 0.1) is 0 Å². The van der Waals surface area contributed by atoms with E-state index in [2.05, 4.69) is 46.3 Å². The van der Waals surface area contributed by atoms with Crippen LogP contribution in [0.15, 0.2) is 54.6 Å². The second kappa shape index (κ2) is 9.02. The van der Waals surface area contributed by atoms with E-state index in [1.54, 1.807) is 18.2 Å². The quantitative estimate of drug-likeness (QED) is 0.574. The molecule has 30 heavy (non-hydrogen) atoms. The standard InChI is InChI=1S/C23H22Cl2N4O/c1-2-16-3-5-17(6-4-16)21-9-10-22(27-26-21)28-11-13-29(14-12-28)23(30)19-8-7-18(24)15-20(19)25/h3-10,15H,2,11-14H2,1H3. The fourth-order valence-corrected chi connectivity index (χ4v) is 4.02. The number of benzene rings is 2. The molecule has 0 radical (unpaired) electrons. The summed E-state index contributed by atoms with van der Waals surface area (Å²) in [6.45, 7) is 4.72. The summed E-state index contributed by atoms with van der Waals surface area (Å²) in [6, 6.07) is 17.3. The van der Waals surface area contributed by atoms with Gasteiger partial charge in [0.25, 0.3) is 5.91 Å². The van der Waals surface area contributed by atoms with Crippen LogP contribution in [0.3, 0.4) is 0 Å². The van der Waals surface area contributed by atoms with Crippen LogP contribution in [-0.4, -0.2) is 47.2 Å². The molecule has 0 saturated carbocycles. The van der Waals surface area contributed by atoms with Crippen molar-refractivity contribution in [3.8, 4) is 11.3 Å². The van der Waals surface area contributed by atoms with Gasteiger partial charge in [-0.3, -0.25) is 4.79 Å². The maximum absolute atomic E-state index is 12.8. The van der Waals surface area contributed by atoms with Crippen molar-refractivity contribution >= 4 is 34.9 Å². The first kappa shape index (κ1) is 20.6. The monoisotopic (exact) mass is 440 g/mol. The lowest BCUT2D eigenvalue weighted by Crippen LogP contribution is -2.49. The van der Waals surface area contributed by atoms with E-state index in [9.17, 15) is 4.79 Å². The first-order valence-corrected chi connectivity index (χ1v) is 10.7. The van der Waals surface area contributed by atoms with Crippen molar-refractivity contribution in [2.24, 2.45) is 0 Å². The van der Waals surface area contributed by atoms with Gasteiger partial charge in [-0.2, -0.15) is 0 Å². The lowest BCUT2D eigenvalue weighted by Gasteiger charge is -2.35. The minimum atomic E-state index is -0.0757. The molecule has 1 aliphatic rings. The fraction of sp³-hybridized carbons (Fsp3) is 0.261. The smallest absolute Gasteiger partial charge is 0.255 e. The van der Waals surface area contributed by atoms with Crippen molar-refractivity contribution in [2.75, 3.05) is 31.1 Å². The number of piperazine rings is 1. The third-order valence-corrected chi connectivity index (χ3v) is 5.91. The van der Waals surface area contributed by atoms with E-state index >= 15 is 0 Å². The summed E-state index contributed by atoms with van der Waals surface area (Å²) in [5.74, 6) is 0.744. The minimum absolute atomic E-state index is 0.0757. The molecule has 154 valence electrons. The molecular formula is C23H22Cl2N4O. The molecule has 1 amide bonds. The van der Waals surface area contributed by atoms with Crippen LogP contribution >= 0.6 is 23.2 Å². The van der Waals surface area contributed by atoms with Crippen LogP contribution < -0.4 is 4.90 Å². The van der Waals surface area contributed by atoms with Crippen molar-refractivity contribution in [2.45, 2.75) is 13.3 Å². The van der Waals surface area contributed by atoms with E-state index in [0.29, 0.717) is 41.8 Å². The van der Waals surface area contributed by atoms with Crippen LogP contribution in [0.4, 0.5) is 5.82 Å². The third-order valence-electron chi connectivity index (χ3n) is 5.36. The normalized spacial score (nSPS) is 14.1. The summed E-state index contributed by atoms with van der Waals surface area (Å²) >= 11 is 12.1. The van der Waals surface area contributed by atoms with E-state index < -0.39 is 0 Å². The van der Waals surface area contributed by atoms with Gasteiger partial charge in [0, 0.05) is 36.8 Å². The highest BCUT2D eigenvalue weighted by molar-refractivity contribution is 6.36. The lowest BCUT2D eigenvalue weighted by atomic mass is 10.1. The van der Waals surface area contributed by atoms with Crippen molar-refractivity contribution in [1.29, 1.82) is 0 Å². The summed E-state index contributed by atoms with van der Waals surface area (Å²) in [6.07, 6.45) is 1.02. The molecule has 3 aromatic rings. The highest BCUT2D eigenvalue weighted by Crippen LogP contribution is 2.24. The lowest BCUT2D eigenvalue weighted by molar-refractivity contribution is 0.0746. The Balaban J connectivity index is 1.39. The topological polar surface area (TPSA) is 49.3 Å². The van der Waals surface area contributed by atoms with Gasteiger partial charge in [0.15, 0.2) is 5.82 Å². The van der Waals surface area contributed by atoms with Gasteiger partial charge in [0.05, 0.1) is 16.3 Å². The number of hydrogen-bond donors (Lipinski definition) is 0. The molecule has 1 aliphatic heterocycles. The fourth-order valence-electron chi connectivity index (χ4n) is 3.53. The van der Waals surface area contributed by atoms with Crippen LogP contribution in [0.5, 0.6) is 0 Å². The molecule has 0 bridgehead atoms. The Hall–Kier alpha value is -2.63. The third kappa shape index (κ3) is 4.42. The van der Waals surface area contributed by atoms with Crippen molar-refractivity contribution in [1.82, 2.24) is 15.1 Å². The number of carbonyl (C=O) groups is 1. The van der Waals surface area contributed by atoms with E-state index in [4.69, 9.17) is 23.2 Å². The summed E-state index contributed by atoms with van der Waals surface area (Å²) in [7, 11) is 0. The van der Waals surface area contributed by atoms with Crippen LogP contribution in [0.25, 0.3) is 11.3 Å². The summed E-state index contributed by atoms with van der Waals surface area (Å²) in [4.78, 5) is 16.7. The van der Waals surface area contributed by atoms with Gasteiger partial charge < -0.3 is 9.80 Å². The summed E-state index contributed by atoms with van der Waals surface area (Å²) in [5.41, 5.74) is 3.69. The van der Waals surface area contributed by atoms with Gasteiger partial charge in [-0.15, -0.1) is 10.2 Å². The van der Waals surface area contributed by atoms with Crippen molar-refractivity contribution < 1.29 is 4.79 Å². The van der Waals surface area contributed by atoms with Crippen molar-refractivity contribution in [3.63, 3.8) is 0 Å². The first-order valence-electron chi connectivity index (χ1n) is 9.97. The highest BCUT2D eigenvalue weighted by Gasteiger charge is 2.24. The predicted molar refractivity (Wildman–Crippen MR) is 121 cm³/mol. The molecule has 2 heterocycles. The molecule has 1 aromatic heterocycles. The zero-order valence-corrected chi connectivity index (χ0v) is 18.2. The Morgan fingerprint density at radius 2 is 1.67 bits per heavy atom. The molecule has 2 aromatic carbocycles. The molecular weight excluding hydrogens is 419 g/mol.